The summed E-state index contributed by atoms with van der Waals surface area (Å²) < 4.78 is 15.4. The van der Waals surface area contributed by atoms with Crippen LogP contribution in [0.2, 0.25) is 0 Å². The number of pyridine rings is 1. The Hall–Kier alpha value is -4.27. The van der Waals surface area contributed by atoms with Gasteiger partial charge in [-0.3, -0.25) is 14.6 Å². The average molecular weight is 512 g/mol. The average Bonchev–Trinajstić information content (AvgIpc) is 3.60. The van der Waals surface area contributed by atoms with E-state index in [1.54, 1.807) is 24.1 Å². The van der Waals surface area contributed by atoms with E-state index < -0.39 is 5.95 Å². The van der Waals surface area contributed by atoms with Gasteiger partial charge in [-0.05, 0) is 62.9 Å². The summed E-state index contributed by atoms with van der Waals surface area (Å²) in [6.45, 7) is 4.38. The maximum Gasteiger partial charge on any atom is 0.267 e. The number of carbonyl (C=O) groups is 1. The molecule has 1 fully saturated rings. The Morgan fingerprint density at radius 1 is 1.11 bits per heavy atom. The highest BCUT2D eigenvalue weighted by Gasteiger charge is 2.49. The second-order valence-electron chi connectivity index (χ2n) is 10.1. The number of aromatic nitrogens is 3. The van der Waals surface area contributed by atoms with Gasteiger partial charge in [0.2, 0.25) is 11.9 Å². The first-order valence-corrected chi connectivity index (χ1v) is 13.0. The Labute approximate surface area is 221 Å². The fraction of sp³-hybridized carbons (Fsp3) is 0.310. The Morgan fingerprint density at radius 3 is 2.71 bits per heavy atom. The summed E-state index contributed by atoms with van der Waals surface area (Å²) in [4.78, 5) is 26.3. The largest absolute Gasteiger partial charge is 0.340 e. The summed E-state index contributed by atoms with van der Waals surface area (Å²) in [7, 11) is 1.79. The Balaban J connectivity index is 1.39. The first-order valence-electron chi connectivity index (χ1n) is 13.0. The number of aliphatic imine (C=N–C) groups is 1. The number of hydrogen-bond donors (Lipinski definition) is 1. The van der Waals surface area contributed by atoms with Crippen LogP contribution in [0.4, 0.5) is 21.7 Å². The molecule has 0 unspecified atom stereocenters. The van der Waals surface area contributed by atoms with Gasteiger partial charge in [-0.2, -0.15) is 9.49 Å². The normalized spacial score (nSPS) is 20.8. The zero-order valence-electron chi connectivity index (χ0n) is 21.7. The number of fused-ring (bicyclic) bond motifs is 5. The molecule has 1 amide bonds. The van der Waals surface area contributed by atoms with Gasteiger partial charge >= 0.3 is 0 Å². The minimum Gasteiger partial charge on any atom is -0.340 e. The molecule has 0 radical (unpaired) electrons. The van der Waals surface area contributed by atoms with Gasteiger partial charge in [0.05, 0.1) is 24.3 Å². The van der Waals surface area contributed by atoms with E-state index in [1.165, 1.54) is 6.07 Å². The van der Waals surface area contributed by atoms with Crippen LogP contribution in [-0.2, 0) is 6.54 Å². The van der Waals surface area contributed by atoms with Gasteiger partial charge in [0.15, 0.2) is 5.82 Å². The minimum atomic E-state index is -0.501. The van der Waals surface area contributed by atoms with Crippen LogP contribution < -0.4 is 10.2 Å². The third kappa shape index (κ3) is 4.17. The van der Waals surface area contributed by atoms with Gasteiger partial charge in [-0.25, -0.2) is 14.7 Å². The van der Waals surface area contributed by atoms with E-state index in [4.69, 9.17) is 10.1 Å². The van der Waals surface area contributed by atoms with E-state index in [9.17, 15) is 9.18 Å². The van der Waals surface area contributed by atoms with Gasteiger partial charge in [0.1, 0.15) is 11.4 Å². The lowest BCUT2D eigenvalue weighted by atomic mass is 10.1. The van der Waals surface area contributed by atoms with Crippen molar-refractivity contribution in [2.24, 2.45) is 4.99 Å². The van der Waals surface area contributed by atoms with Gasteiger partial charge < -0.3 is 5.32 Å². The van der Waals surface area contributed by atoms with Crippen LogP contribution in [0.1, 0.15) is 49.2 Å². The van der Waals surface area contributed by atoms with Crippen LogP contribution in [0.3, 0.4) is 0 Å². The molecule has 2 atom stereocenters. The summed E-state index contributed by atoms with van der Waals surface area (Å²) >= 11 is 0. The molecule has 0 saturated heterocycles. The molecule has 6 rings (SSSR count). The smallest absolute Gasteiger partial charge is 0.267 e. The number of anilines is 3. The number of nitrogens with zero attached hydrogens (tertiary/aromatic N) is 6. The lowest BCUT2D eigenvalue weighted by Gasteiger charge is -2.34. The van der Waals surface area contributed by atoms with Crippen molar-refractivity contribution < 1.29 is 9.18 Å². The van der Waals surface area contributed by atoms with E-state index >= 15 is 0 Å². The van der Waals surface area contributed by atoms with Crippen LogP contribution >= 0.6 is 0 Å². The lowest BCUT2D eigenvalue weighted by Crippen LogP contribution is -2.51. The lowest BCUT2D eigenvalue weighted by molar-refractivity contribution is 0.0866. The highest BCUT2D eigenvalue weighted by Crippen LogP contribution is 2.42. The Morgan fingerprint density at radius 2 is 1.92 bits per heavy atom. The van der Waals surface area contributed by atoms with Crippen molar-refractivity contribution in [3.05, 3.63) is 83.5 Å². The highest BCUT2D eigenvalue weighted by atomic mass is 19.1. The number of nitrogens with one attached hydrogen (secondary N) is 1. The van der Waals surface area contributed by atoms with Gasteiger partial charge in [0, 0.05) is 12.7 Å². The Kier molecular flexibility index (Phi) is 6.06. The third-order valence-electron chi connectivity index (χ3n) is 7.43. The van der Waals surface area contributed by atoms with Crippen molar-refractivity contribution in [1.29, 1.82) is 0 Å². The fourth-order valence-electron chi connectivity index (χ4n) is 5.47. The van der Waals surface area contributed by atoms with Crippen molar-refractivity contribution in [2.75, 3.05) is 17.3 Å². The molecule has 1 saturated carbocycles. The zero-order chi connectivity index (χ0) is 26.4. The highest BCUT2D eigenvalue weighted by molar-refractivity contribution is 6.21. The second-order valence-corrected chi connectivity index (χ2v) is 10.1. The van der Waals surface area contributed by atoms with Crippen LogP contribution in [0.25, 0.3) is 5.57 Å². The van der Waals surface area contributed by atoms with E-state index in [1.807, 2.05) is 61.0 Å². The number of para-hydroxylation sites is 1. The number of amides is 1. The molecule has 2 aliphatic heterocycles. The molecule has 2 aromatic heterocycles. The second kappa shape index (κ2) is 9.55. The summed E-state index contributed by atoms with van der Waals surface area (Å²) in [5.74, 6) is 1.40. The fourth-order valence-corrected chi connectivity index (χ4v) is 5.47. The summed E-state index contributed by atoms with van der Waals surface area (Å²) in [5.41, 5.74) is 3.91. The van der Waals surface area contributed by atoms with E-state index in [0.717, 1.165) is 36.1 Å². The van der Waals surface area contributed by atoms with Gasteiger partial charge in [-0.15, -0.1) is 0 Å². The predicted molar refractivity (Wildman–Crippen MR) is 147 cm³/mol. The molecule has 4 heterocycles. The molecule has 0 bridgehead atoms. The number of halogens is 1. The minimum absolute atomic E-state index is 0.116. The first kappa shape index (κ1) is 24.1. The van der Waals surface area contributed by atoms with Crippen molar-refractivity contribution in [2.45, 2.75) is 51.7 Å². The summed E-state index contributed by atoms with van der Waals surface area (Å²) in [6.07, 6.45) is 7.10. The van der Waals surface area contributed by atoms with Gasteiger partial charge in [0.25, 0.3) is 5.91 Å². The molecule has 0 spiro atoms. The number of guanidine groups is 1. The number of hydrogen-bond acceptors (Lipinski definition) is 6. The molecule has 1 aliphatic carbocycles. The predicted octanol–water partition coefficient (Wildman–Crippen LogP) is 5.39. The van der Waals surface area contributed by atoms with Crippen molar-refractivity contribution in [3.8, 4) is 0 Å². The van der Waals surface area contributed by atoms with Crippen LogP contribution in [-0.4, -0.2) is 50.7 Å². The zero-order valence-corrected chi connectivity index (χ0v) is 21.7. The molecule has 38 heavy (non-hydrogen) atoms. The molecule has 194 valence electrons. The maximum atomic E-state index is 13.7. The van der Waals surface area contributed by atoms with Crippen molar-refractivity contribution in [3.63, 3.8) is 0 Å². The maximum absolute atomic E-state index is 13.7. The van der Waals surface area contributed by atoms with E-state index in [0.29, 0.717) is 35.4 Å². The molecule has 1 aromatic carbocycles. The molecule has 1 N–H and O–H groups in total. The summed E-state index contributed by atoms with van der Waals surface area (Å²) in [5, 5.41) is 8.47. The number of carbonyl (C=O) groups excluding carboxylic acids is 1. The quantitative estimate of drug-likeness (QED) is 0.355. The molecule has 3 aromatic rings. The third-order valence-corrected chi connectivity index (χ3v) is 7.43. The molecule has 8 nitrogen and oxygen atoms in total. The Bertz CT molecular complexity index is 1490. The number of benzene rings is 1. The summed E-state index contributed by atoms with van der Waals surface area (Å²) in [6, 6.07) is 15.0. The number of rotatable bonds is 6. The van der Waals surface area contributed by atoms with Crippen LogP contribution in [0.5, 0.6) is 0 Å². The van der Waals surface area contributed by atoms with Gasteiger partial charge in [-0.1, -0.05) is 42.0 Å². The topological polar surface area (TPSA) is 78.6 Å². The molecular formula is C29H30FN7O. The van der Waals surface area contributed by atoms with E-state index in [2.05, 4.69) is 15.2 Å². The molecule has 3 aliphatic rings. The van der Waals surface area contributed by atoms with Crippen molar-refractivity contribution >= 4 is 34.8 Å². The standard InChI is InChI=1S/C29H30FN7O/c1-18(15-16-19(2)21-11-8-14-24(30)32-21)17-36-26(31-20-9-5-4-6-10-20)25-27(34-36)37-23-13-7-12-22(23)33-29(37)35(3)28(25)38/h4-6,8-11,14-16,22-23,31H,7,12-13,17H2,1-3H3/b18-15+,19-16+/t22-,23+/m1/s1. The first-order chi connectivity index (χ1) is 18.4. The van der Waals surface area contributed by atoms with Crippen molar-refractivity contribution in [1.82, 2.24) is 19.7 Å². The SMILES string of the molecule is C/C(=C\C=C(/C)c1cccc(F)n1)Cn1nc2c(c1Nc1ccccc1)C(=O)N(C)C1=N[C@@H]3CCC[C@@H]3N12. The molecule has 9 heteroatoms. The van der Waals surface area contributed by atoms with E-state index in [-0.39, 0.29) is 18.0 Å². The number of allylic oxidation sites excluding steroid dienone is 4. The van der Waals surface area contributed by atoms with Crippen LogP contribution in [0.15, 0.2) is 71.2 Å². The monoisotopic (exact) mass is 511 g/mol. The molecular weight excluding hydrogens is 481 g/mol. The van der Waals surface area contributed by atoms with Crippen LogP contribution in [0, 0.1) is 5.95 Å².